The Bertz CT molecular complexity index is 912. The van der Waals surface area contributed by atoms with Gasteiger partial charge in [0, 0.05) is 11.5 Å². The Kier molecular flexibility index (Phi) is 5.80. The quantitative estimate of drug-likeness (QED) is 0.514. The molecule has 0 radical (unpaired) electrons. The number of Topliss-reactive ketones (excluding diaryl/α,β-unsaturated/α-hetero) is 2. The predicted molar refractivity (Wildman–Crippen MR) is 89.5 cm³/mol. The molecule has 0 aromatic heterocycles. The van der Waals surface area contributed by atoms with Crippen LogP contribution in [0.1, 0.15) is 49.0 Å². The predicted octanol–water partition coefficient (Wildman–Crippen LogP) is 3.58. The third kappa shape index (κ3) is 4.21. The lowest BCUT2D eigenvalue weighted by Gasteiger charge is -2.17. The zero-order chi connectivity index (χ0) is 20.6. The largest absolute Gasteiger partial charge is 0.416 e. The third-order valence-corrected chi connectivity index (χ3v) is 6.98. The lowest BCUT2D eigenvalue weighted by molar-refractivity contribution is -0.137. The molecule has 0 bridgehead atoms. The summed E-state index contributed by atoms with van der Waals surface area (Å²) in [5.41, 5.74) is -1.77. The molecule has 27 heavy (non-hydrogen) atoms. The van der Waals surface area contributed by atoms with Crippen LogP contribution in [-0.2, 0) is 20.8 Å². The van der Waals surface area contributed by atoms with Gasteiger partial charge in [0.05, 0.1) is 21.8 Å². The van der Waals surface area contributed by atoms with E-state index in [4.69, 9.17) is 0 Å². The highest BCUT2D eigenvalue weighted by Crippen LogP contribution is 2.36. The van der Waals surface area contributed by atoms with Gasteiger partial charge in [-0.05, 0) is 44.4 Å². The molecule has 0 aliphatic heterocycles. The fourth-order valence-corrected chi connectivity index (χ4v) is 4.22. The second kappa shape index (κ2) is 7.43. The van der Waals surface area contributed by atoms with E-state index in [9.17, 15) is 36.4 Å². The van der Waals surface area contributed by atoms with Crippen molar-refractivity contribution < 1.29 is 31.2 Å². The van der Waals surface area contributed by atoms with Gasteiger partial charge in [0.15, 0.2) is 27.3 Å². The van der Waals surface area contributed by atoms with Crippen molar-refractivity contribution in [3.05, 3.63) is 29.3 Å². The summed E-state index contributed by atoms with van der Waals surface area (Å²) >= 11 is 0. The number of nitrogens with zero attached hydrogens (tertiary/aromatic N) is 1. The van der Waals surface area contributed by atoms with E-state index in [0.717, 1.165) is 6.07 Å². The van der Waals surface area contributed by atoms with Crippen molar-refractivity contribution >= 4 is 21.4 Å². The van der Waals surface area contributed by atoms with Gasteiger partial charge in [-0.2, -0.15) is 18.4 Å². The topological polar surface area (TPSA) is 92.1 Å². The van der Waals surface area contributed by atoms with Crippen molar-refractivity contribution in [2.75, 3.05) is 0 Å². The summed E-state index contributed by atoms with van der Waals surface area (Å²) in [6.45, 7) is 2.87. The van der Waals surface area contributed by atoms with Gasteiger partial charge in [-0.1, -0.05) is 6.92 Å². The normalized spacial score (nSPS) is 17.0. The fraction of sp³-hybridized carbons (Fsp3) is 0.500. The minimum atomic E-state index is -4.81. The first kappa shape index (κ1) is 21.1. The molecule has 2 atom stereocenters. The zero-order valence-electron chi connectivity index (χ0n) is 14.7. The molecule has 0 N–H and O–H groups in total. The van der Waals surface area contributed by atoms with Gasteiger partial charge in [-0.3, -0.25) is 9.59 Å². The first-order valence-corrected chi connectivity index (χ1v) is 9.92. The number of carbonyl (C=O) groups is 2. The van der Waals surface area contributed by atoms with Crippen molar-refractivity contribution in [2.45, 2.75) is 49.4 Å². The SMILES string of the molecule is CCC(C)S(=O)(=O)c1cc(C(F)(F)F)ccc1C(=O)C(C#N)C(=O)C1CC1. The highest BCUT2D eigenvalue weighted by atomic mass is 32.2. The van der Waals surface area contributed by atoms with E-state index in [1.54, 1.807) is 13.0 Å². The van der Waals surface area contributed by atoms with Crippen molar-refractivity contribution in [1.82, 2.24) is 0 Å². The Hall–Kier alpha value is -2.21. The molecular formula is C18H18F3NO4S. The number of nitriles is 1. The fourth-order valence-electron chi connectivity index (χ4n) is 2.58. The number of benzene rings is 1. The average Bonchev–Trinajstić information content (AvgIpc) is 3.45. The molecule has 0 saturated heterocycles. The molecule has 2 rings (SSSR count). The molecule has 1 saturated carbocycles. The number of alkyl halides is 3. The third-order valence-electron chi connectivity index (χ3n) is 4.64. The Morgan fingerprint density at radius 2 is 1.89 bits per heavy atom. The van der Waals surface area contributed by atoms with Crippen LogP contribution in [0.3, 0.4) is 0 Å². The summed E-state index contributed by atoms with van der Waals surface area (Å²) in [4.78, 5) is 24.1. The van der Waals surface area contributed by atoms with E-state index >= 15 is 0 Å². The Labute approximate surface area is 155 Å². The van der Waals surface area contributed by atoms with E-state index in [1.807, 2.05) is 0 Å². The summed E-state index contributed by atoms with van der Waals surface area (Å²) in [6, 6.07) is 3.30. The van der Waals surface area contributed by atoms with Crippen LogP contribution in [0, 0.1) is 23.2 Å². The molecule has 9 heteroatoms. The molecule has 5 nitrogen and oxygen atoms in total. The van der Waals surface area contributed by atoms with E-state index in [-0.39, 0.29) is 6.42 Å². The Morgan fingerprint density at radius 1 is 1.30 bits per heavy atom. The summed E-state index contributed by atoms with van der Waals surface area (Å²) < 4.78 is 64.6. The van der Waals surface area contributed by atoms with Crippen LogP contribution < -0.4 is 0 Å². The highest BCUT2D eigenvalue weighted by molar-refractivity contribution is 7.92. The van der Waals surface area contributed by atoms with Crippen molar-refractivity contribution in [2.24, 2.45) is 11.8 Å². The van der Waals surface area contributed by atoms with Crippen LogP contribution in [0.4, 0.5) is 13.2 Å². The van der Waals surface area contributed by atoms with Gasteiger partial charge in [0.1, 0.15) is 0 Å². The second-order valence-corrected chi connectivity index (χ2v) is 8.91. The van der Waals surface area contributed by atoms with Gasteiger partial charge in [-0.25, -0.2) is 8.42 Å². The summed E-state index contributed by atoms with van der Waals surface area (Å²) in [7, 11) is -4.26. The molecule has 0 heterocycles. The minimum absolute atomic E-state index is 0.120. The molecule has 0 spiro atoms. The highest BCUT2D eigenvalue weighted by Gasteiger charge is 2.41. The van der Waals surface area contributed by atoms with Crippen LogP contribution in [0.15, 0.2) is 23.1 Å². The standard InChI is InChI=1S/C18H18F3NO4S/c1-3-10(2)27(25,26)15-8-12(18(19,20)21)6-7-13(15)17(24)14(9-22)16(23)11-4-5-11/h6-8,10-11,14H,3-5H2,1-2H3. The molecule has 146 valence electrons. The first-order chi connectivity index (χ1) is 12.4. The Balaban J connectivity index is 2.63. The van der Waals surface area contributed by atoms with E-state index in [1.165, 1.54) is 6.92 Å². The second-order valence-electron chi connectivity index (χ2n) is 6.58. The zero-order valence-corrected chi connectivity index (χ0v) is 15.5. The monoisotopic (exact) mass is 401 g/mol. The minimum Gasteiger partial charge on any atom is -0.297 e. The first-order valence-electron chi connectivity index (χ1n) is 8.37. The van der Waals surface area contributed by atoms with Crippen molar-refractivity contribution in [3.63, 3.8) is 0 Å². The number of halogens is 3. The molecule has 1 aromatic carbocycles. The van der Waals surface area contributed by atoms with E-state index < -0.39 is 60.7 Å². The molecule has 0 amide bonds. The van der Waals surface area contributed by atoms with Crippen LogP contribution in [0.5, 0.6) is 0 Å². The van der Waals surface area contributed by atoms with Gasteiger partial charge >= 0.3 is 6.18 Å². The van der Waals surface area contributed by atoms with Crippen LogP contribution >= 0.6 is 0 Å². The summed E-state index contributed by atoms with van der Waals surface area (Å²) in [5, 5.41) is 8.18. The molecule has 1 aliphatic rings. The van der Waals surface area contributed by atoms with Crippen molar-refractivity contribution in [3.8, 4) is 6.07 Å². The van der Waals surface area contributed by atoms with Crippen LogP contribution in [0.25, 0.3) is 0 Å². The molecular weight excluding hydrogens is 383 g/mol. The summed E-state index contributed by atoms with van der Waals surface area (Å²) in [6.07, 6.45) is -3.61. The lowest BCUT2D eigenvalue weighted by atomic mass is 9.92. The number of sulfone groups is 1. The van der Waals surface area contributed by atoms with Crippen LogP contribution in [-0.4, -0.2) is 25.2 Å². The van der Waals surface area contributed by atoms with Gasteiger partial charge in [0.2, 0.25) is 0 Å². The number of hydrogen-bond donors (Lipinski definition) is 0. The lowest BCUT2D eigenvalue weighted by Crippen LogP contribution is -2.27. The molecule has 1 fully saturated rings. The number of hydrogen-bond acceptors (Lipinski definition) is 5. The van der Waals surface area contributed by atoms with Crippen LogP contribution in [0.2, 0.25) is 0 Å². The molecule has 1 aliphatic carbocycles. The van der Waals surface area contributed by atoms with E-state index in [0.29, 0.717) is 25.0 Å². The average molecular weight is 401 g/mol. The molecule has 1 aromatic rings. The number of carbonyl (C=O) groups excluding carboxylic acids is 2. The maximum absolute atomic E-state index is 13.1. The maximum Gasteiger partial charge on any atom is 0.416 e. The maximum atomic E-state index is 13.1. The van der Waals surface area contributed by atoms with Gasteiger partial charge < -0.3 is 0 Å². The molecule has 2 unspecified atom stereocenters. The Morgan fingerprint density at radius 3 is 2.33 bits per heavy atom. The van der Waals surface area contributed by atoms with Crippen molar-refractivity contribution in [1.29, 1.82) is 5.26 Å². The summed E-state index contributed by atoms with van der Waals surface area (Å²) in [5.74, 6) is -3.85. The van der Waals surface area contributed by atoms with Gasteiger partial charge in [0.25, 0.3) is 0 Å². The number of ketones is 2. The smallest absolute Gasteiger partial charge is 0.297 e. The number of rotatable bonds is 7. The van der Waals surface area contributed by atoms with E-state index in [2.05, 4.69) is 0 Å². The van der Waals surface area contributed by atoms with Gasteiger partial charge in [-0.15, -0.1) is 0 Å².